The molecule has 0 spiro atoms. The molecule has 0 aliphatic rings. The number of benzene rings is 4. The molecule has 9 heteroatoms. The highest BCUT2D eigenvalue weighted by Gasteiger charge is 2.17. The van der Waals surface area contributed by atoms with Crippen molar-refractivity contribution in [2.24, 2.45) is 0 Å². The van der Waals surface area contributed by atoms with Crippen molar-refractivity contribution in [1.82, 2.24) is 5.32 Å². The second kappa shape index (κ2) is 13.2. The summed E-state index contributed by atoms with van der Waals surface area (Å²) in [5, 5.41) is 6.14. The quantitative estimate of drug-likeness (QED) is 0.160. The van der Waals surface area contributed by atoms with Crippen LogP contribution in [0.25, 0.3) is 12.2 Å². The van der Waals surface area contributed by atoms with Gasteiger partial charge in [0.2, 0.25) is 0 Å². The van der Waals surface area contributed by atoms with Crippen molar-refractivity contribution in [3.8, 4) is 0 Å². The highest BCUT2D eigenvalue weighted by Crippen LogP contribution is 2.24. The maximum atomic E-state index is 14.5. The minimum Gasteiger partial charge on any atom is -0.321 e. The summed E-state index contributed by atoms with van der Waals surface area (Å²) in [5.41, 5.74) is 1.35. The topological polar surface area (TPSA) is 75.3 Å². The summed E-state index contributed by atoms with van der Waals surface area (Å²) in [6, 6.07) is 23.4. The predicted molar refractivity (Wildman–Crippen MR) is 158 cm³/mol. The van der Waals surface area contributed by atoms with Crippen molar-refractivity contribution in [2.45, 2.75) is 0 Å². The van der Waals surface area contributed by atoms with Crippen LogP contribution in [0, 0.1) is 5.82 Å². The van der Waals surface area contributed by atoms with Gasteiger partial charge in [0.1, 0.15) is 11.5 Å². The molecule has 0 atom stereocenters. The zero-order valence-electron chi connectivity index (χ0n) is 20.6. The van der Waals surface area contributed by atoms with Crippen molar-refractivity contribution in [2.75, 3.05) is 5.32 Å². The van der Waals surface area contributed by atoms with Gasteiger partial charge in [-0.1, -0.05) is 65.1 Å². The van der Waals surface area contributed by atoms with Gasteiger partial charge in [-0.2, -0.15) is 0 Å². The molecule has 4 aromatic rings. The molecule has 0 radical (unpaired) electrons. The zero-order chi connectivity index (χ0) is 28.6. The highest BCUT2D eigenvalue weighted by molar-refractivity contribution is 6.35. The molecule has 0 aliphatic carbocycles. The van der Waals surface area contributed by atoms with Crippen molar-refractivity contribution in [3.05, 3.63) is 146 Å². The van der Waals surface area contributed by atoms with E-state index in [1.54, 1.807) is 54.6 Å². The second-order valence-electron chi connectivity index (χ2n) is 8.41. The number of anilines is 1. The third kappa shape index (κ3) is 7.45. The summed E-state index contributed by atoms with van der Waals surface area (Å²) in [7, 11) is 0. The first kappa shape index (κ1) is 28.8. The third-order valence-electron chi connectivity index (χ3n) is 5.62. The number of hydrogen-bond donors (Lipinski definition) is 2. The lowest BCUT2D eigenvalue weighted by Gasteiger charge is -2.12. The molecule has 0 saturated heterocycles. The SMILES string of the molecule is O=C(Nc1ccc(C(=O)/C=C/c2ccc(Cl)cc2Cl)cc1)/C(=C/c1c(F)cccc1Cl)NC(=O)c1ccccc1. The number of amides is 2. The summed E-state index contributed by atoms with van der Waals surface area (Å²) in [6.07, 6.45) is 4.12. The van der Waals surface area contributed by atoms with E-state index in [1.165, 1.54) is 54.6 Å². The molecule has 2 amide bonds. The predicted octanol–water partition coefficient (Wildman–Crippen LogP) is 8.09. The lowest BCUT2D eigenvalue weighted by atomic mass is 10.1. The number of carbonyl (C=O) groups is 3. The molecule has 2 N–H and O–H groups in total. The number of halogens is 4. The van der Waals surface area contributed by atoms with Gasteiger partial charge in [0.05, 0.1) is 5.02 Å². The number of hydrogen-bond acceptors (Lipinski definition) is 3. The van der Waals surface area contributed by atoms with E-state index < -0.39 is 17.6 Å². The van der Waals surface area contributed by atoms with Gasteiger partial charge in [-0.05, 0) is 84.5 Å². The Bertz CT molecular complexity index is 1620. The average Bonchev–Trinajstić information content (AvgIpc) is 2.94. The number of ketones is 1. The van der Waals surface area contributed by atoms with Gasteiger partial charge in [-0.15, -0.1) is 0 Å². The van der Waals surface area contributed by atoms with Crippen LogP contribution in [-0.4, -0.2) is 17.6 Å². The van der Waals surface area contributed by atoms with E-state index in [0.29, 0.717) is 32.4 Å². The van der Waals surface area contributed by atoms with Crippen molar-refractivity contribution in [1.29, 1.82) is 0 Å². The standard InChI is InChI=1S/C31H20Cl3FN2O3/c32-22-13-9-19(26(34)17-22)12-16-29(38)20-10-14-23(15-11-20)36-31(40)28(18-24-25(33)7-4-8-27(24)35)37-30(39)21-5-2-1-3-6-21/h1-18H,(H,36,40)(H,37,39)/b16-12+,28-18-. The van der Waals surface area contributed by atoms with Crippen LogP contribution in [0.1, 0.15) is 31.8 Å². The lowest BCUT2D eigenvalue weighted by Crippen LogP contribution is -2.30. The fraction of sp³-hybridized carbons (Fsp3) is 0. The van der Waals surface area contributed by atoms with Crippen LogP contribution >= 0.6 is 34.8 Å². The van der Waals surface area contributed by atoms with Gasteiger partial charge in [0, 0.05) is 32.4 Å². The molecule has 0 bridgehead atoms. The van der Waals surface area contributed by atoms with Gasteiger partial charge < -0.3 is 10.6 Å². The van der Waals surface area contributed by atoms with Gasteiger partial charge in [0.25, 0.3) is 11.8 Å². The van der Waals surface area contributed by atoms with Crippen LogP contribution in [0.5, 0.6) is 0 Å². The fourth-order valence-corrected chi connectivity index (χ4v) is 4.24. The summed E-state index contributed by atoms with van der Waals surface area (Å²) in [4.78, 5) is 38.6. The number of allylic oxidation sites excluding steroid dienone is 1. The van der Waals surface area contributed by atoms with E-state index in [-0.39, 0.29) is 22.1 Å². The molecule has 4 aromatic carbocycles. The summed E-state index contributed by atoms with van der Waals surface area (Å²) in [5.74, 6) is -2.24. The van der Waals surface area contributed by atoms with Crippen LogP contribution in [0.2, 0.25) is 15.1 Å². The van der Waals surface area contributed by atoms with Crippen molar-refractivity contribution < 1.29 is 18.8 Å². The molecular formula is C31H20Cl3FN2O3. The fourth-order valence-electron chi connectivity index (χ4n) is 3.55. The Labute approximate surface area is 244 Å². The number of carbonyl (C=O) groups excluding carboxylic acids is 3. The Hall–Kier alpha value is -4.23. The number of nitrogens with one attached hydrogen (secondary N) is 2. The van der Waals surface area contributed by atoms with E-state index in [1.807, 2.05) is 0 Å². The summed E-state index contributed by atoms with van der Waals surface area (Å²) in [6.45, 7) is 0. The monoisotopic (exact) mass is 592 g/mol. The Kier molecular flexibility index (Phi) is 9.51. The Morgan fingerprint density at radius 2 is 1.48 bits per heavy atom. The lowest BCUT2D eigenvalue weighted by molar-refractivity contribution is -0.113. The minimum atomic E-state index is -0.722. The smallest absolute Gasteiger partial charge is 0.272 e. The van der Waals surface area contributed by atoms with Crippen LogP contribution in [0.15, 0.2) is 103 Å². The first-order valence-corrected chi connectivity index (χ1v) is 13.0. The van der Waals surface area contributed by atoms with Crippen molar-refractivity contribution in [3.63, 3.8) is 0 Å². The van der Waals surface area contributed by atoms with Gasteiger partial charge in [-0.3, -0.25) is 14.4 Å². The van der Waals surface area contributed by atoms with Gasteiger partial charge in [0.15, 0.2) is 5.78 Å². The molecule has 0 heterocycles. The van der Waals surface area contributed by atoms with Gasteiger partial charge >= 0.3 is 0 Å². The molecular weight excluding hydrogens is 574 g/mol. The molecule has 0 aromatic heterocycles. The molecule has 40 heavy (non-hydrogen) atoms. The first-order valence-electron chi connectivity index (χ1n) is 11.8. The molecule has 0 unspecified atom stereocenters. The van der Waals surface area contributed by atoms with E-state index in [4.69, 9.17) is 34.8 Å². The second-order valence-corrected chi connectivity index (χ2v) is 9.66. The first-order chi connectivity index (χ1) is 19.2. The minimum absolute atomic E-state index is 0.0591. The Balaban J connectivity index is 1.53. The maximum Gasteiger partial charge on any atom is 0.272 e. The summed E-state index contributed by atoms with van der Waals surface area (Å²) >= 11 is 18.2. The largest absolute Gasteiger partial charge is 0.321 e. The van der Waals surface area contributed by atoms with Crippen molar-refractivity contribution >= 4 is 70.2 Å². The summed E-state index contributed by atoms with van der Waals surface area (Å²) < 4.78 is 14.5. The van der Waals surface area contributed by atoms with E-state index in [2.05, 4.69) is 10.6 Å². The van der Waals surface area contributed by atoms with Gasteiger partial charge in [-0.25, -0.2) is 4.39 Å². The molecule has 4 rings (SSSR count). The Morgan fingerprint density at radius 3 is 2.15 bits per heavy atom. The zero-order valence-corrected chi connectivity index (χ0v) is 22.9. The molecule has 0 aliphatic heterocycles. The molecule has 5 nitrogen and oxygen atoms in total. The maximum absolute atomic E-state index is 14.5. The van der Waals surface area contributed by atoms with E-state index >= 15 is 0 Å². The van der Waals surface area contributed by atoms with Crippen LogP contribution in [0.4, 0.5) is 10.1 Å². The molecule has 200 valence electrons. The highest BCUT2D eigenvalue weighted by atomic mass is 35.5. The van der Waals surface area contributed by atoms with Crippen LogP contribution in [0.3, 0.4) is 0 Å². The molecule has 0 saturated carbocycles. The Morgan fingerprint density at radius 1 is 0.750 bits per heavy atom. The number of rotatable bonds is 8. The average molecular weight is 594 g/mol. The third-order valence-corrected chi connectivity index (χ3v) is 6.51. The van der Waals surface area contributed by atoms with Crippen LogP contribution < -0.4 is 10.6 Å². The van der Waals surface area contributed by atoms with E-state index in [0.717, 1.165) is 0 Å². The normalized spacial score (nSPS) is 11.3. The van der Waals surface area contributed by atoms with E-state index in [9.17, 15) is 18.8 Å². The molecule has 0 fully saturated rings. The van der Waals surface area contributed by atoms with Crippen LogP contribution in [-0.2, 0) is 4.79 Å².